The molecule has 0 bridgehead atoms. The standard InChI is InChI=1S/C15H14N2OS/c1-9-5-3-4-6-11(9)13-14(18-17-15(13)16)12-8-7-10(2)19-12/h3-8H,1-2H3,(H2,16,17). The highest BCUT2D eigenvalue weighted by Crippen LogP contribution is 2.40. The van der Waals surface area contributed by atoms with Crippen LogP contribution in [0.1, 0.15) is 10.4 Å². The first kappa shape index (κ1) is 12.0. The predicted molar refractivity (Wildman–Crippen MR) is 79.1 cm³/mol. The van der Waals surface area contributed by atoms with E-state index < -0.39 is 0 Å². The van der Waals surface area contributed by atoms with E-state index in [1.807, 2.05) is 24.3 Å². The summed E-state index contributed by atoms with van der Waals surface area (Å²) in [5.74, 6) is 1.19. The predicted octanol–water partition coefficient (Wildman–Crippen LogP) is 4.27. The lowest BCUT2D eigenvalue weighted by atomic mass is 10.00. The van der Waals surface area contributed by atoms with Crippen LogP contribution < -0.4 is 5.73 Å². The van der Waals surface area contributed by atoms with Crippen molar-refractivity contribution in [2.75, 3.05) is 5.73 Å². The molecule has 3 aromatic rings. The molecule has 2 N–H and O–H groups in total. The summed E-state index contributed by atoms with van der Waals surface area (Å²) in [7, 11) is 0. The Bertz CT molecular complexity index is 727. The van der Waals surface area contributed by atoms with Crippen molar-refractivity contribution in [3.8, 4) is 21.8 Å². The molecular weight excluding hydrogens is 256 g/mol. The van der Waals surface area contributed by atoms with Gasteiger partial charge in [0, 0.05) is 4.88 Å². The molecule has 0 atom stereocenters. The molecule has 19 heavy (non-hydrogen) atoms. The van der Waals surface area contributed by atoms with E-state index in [-0.39, 0.29) is 0 Å². The molecule has 0 unspecified atom stereocenters. The van der Waals surface area contributed by atoms with E-state index in [9.17, 15) is 0 Å². The van der Waals surface area contributed by atoms with Crippen LogP contribution in [-0.4, -0.2) is 5.16 Å². The zero-order valence-corrected chi connectivity index (χ0v) is 11.6. The summed E-state index contributed by atoms with van der Waals surface area (Å²) in [5, 5.41) is 3.93. The molecule has 0 amide bonds. The van der Waals surface area contributed by atoms with Gasteiger partial charge in [0.05, 0.1) is 10.4 Å². The molecular formula is C15H14N2OS. The maximum atomic E-state index is 5.99. The minimum Gasteiger partial charge on any atom is -0.380 e. The molecule has 0 aliphatic heterocycles. The first-order valence-corrected chi connectivity index (χ1v) is 6.86. The molecule has 0 aliphatic rings. The molecule has 96 valence electrons. The third kappa shape index (κ3) is 2.04. The van der Waals surface area contributed by atoms with E-state index in [1.165, 1.54) is 4.88 Å². The highest BCUT2D eigenvalue weighted by atomic mass is 32.1. The quantitative estimate of drug-likeness (QED) is 0.756. The van der Waals surface area contributed by atoms with Crippen LogP contribution in [0.25, 0.3) is 21.8 Å². The number of benzene rings is 1. The van der Waals surface area contributed by atoms with E-state index in [2.05, 4.69) is 31.1 Å². The average Bonchev–Trinajstić information content (AvgIpc) is 2.96. The monoisotopic (exact) mass is 270 g/mol. The fourth-order valence-electron chi connectivity index (χ4n) is 2.14. The molecule has 0 aliphatic carbocycles. The SMILES string of the molecule is Cc1ccc(-c2onc(N)c2-c2ccccc2C)s1. The lowest BCUT2D eigenvalue weighted by molar-refractivity contribution is 0.437. The lowest BCUT2D eigenvalue weighted by Crippen LogP contribution is -1.90. The third-order valence-corrected chi connectivity index (χ3v) is 4.10. The summed E-state index contributed by atoms with van der Waals surface area (Å²) in [4.78, 5) is 2.29. The van der Waals surface area contributed by atoms with Gasteiger partial charge in [-0.15, -0.1) is 11.3 Å². The Morgan fingerprint density at radius 3 is 2.58 bits per heavy atom. The van der Waals surface area contributed by atoms with Crippen molar-refractivity contribution in [2.24, 2.45) is 0 Å². The van der Waals surface area contributed by atoms with Crippen molar-refractivity contribution in [3.05, 3.63) is 46.8 Å². The summed E-state index contributed by atoms with van der Waals surface area (Å²) >= 11 is 1.68. The van der Waals surface area contributed by atoms with Crippen LogP contribution in [-0.2, 0) is 0 Å². The Hall–Kier alpha value is -2.07. The zero-order valence-electron chi connectivity index (χ0n) is 10.8. The van der Waals surface area contributed by atoms with Gasteiger partial charge < -0.3 is 10.3 Å². The van der Waals surface area contributed by atoms with Gasteiger partial charge >= 0.3 is 0 Å². The van der Waals surface area contributed by atoms with Crippen LogP contribution in [0.4, 0.5) is 5.82 Å². The van der Waals surface area contributed by atoms with Gasteiger partial charge in [-0.2, -0.15) is 0 Å². The number of anilines is 1. The van der Waals surface area contributed by atoms with Crippen LogP contribution in [0.3, 0.4) is 0 Å². The van der Waals surface area contributed by atoms with Crippen LogP contribution in [0.5, 0.6) is 0 Å². The van der Waals surface area contributed by atoms with Crippen molar-refractivity contribution in [2.45, 2.75) is 13.8 Å². The minimum atomic E-state index is 0.440. The van der Waals surface area contributed by atoms with E-state index in [4.69, 9.17) is 10.3 Å². The van der Waals surface area contributed by atoms with E-state index in [0.717, 1.165) is 27.3 Å². The molecule has 0 spiro atoms. The zero-order chi connectivity index (χ0) is 13.4. The van der Waals surface area contributed by atoms with Gasteiger partial charge in [0.15, 0.2) is 11.6 Å². The Morgan fingerprint density at radius 1 is 1.11 bits per heavy atom. The van der Waals surface area contributed by atoms with Gasteiger partial charge in [0.2, 0.25) is 0 Å². The molecule has 0 saturated carbocycles. The van der Waals surface area contributed by atoms with Gasteiger partial charge in [-0.05, 0) is 37.1 Å². The molecule has 3 rings (SSSR count). The molecule has 0 saturated heterocycles. The maximum absolute atomic E-state index is 5.99. The van der Waals surface area contributed by atoms with Crippen molar-refractivity contribution < 1.29 is 4.52 Å². The Balaban J connectivity index is 2.22. The van der Waals surface area contributed by atoms with Crippen LogP contribution in [0.15, 0.2) is 40.9 Å². The summed E-state index contributed by atoms with van der Waals surface area (Å²) in [6.07, 6.45) is 0. The lowest BCUT2D eigenvalue weighted by Gasteiger charge is -2.04. The smallest absolute Gasteiger partial charge is 0.186 e. The number of nitrogens with zero attached hydrogens (tertiary/aromatic N) is 1. The average molecular weight is 270 g/mol. The van der Waals surface area contributed by atoms with Gasteiger partial charge in [0.1, 0.15) is 0 Å². The first-order chi connectivity index (χ1) is 9.16. The van der Waals surface area contributed by atoms with E-state index in [1.54, 1.807) is 11.3 Å². The largest absolute Gasteiger partial charge is 0.380 e. The number of nitrogens with two attached hydrogens (primary N) is 1. The minimum absolute atomic E-state index is 0.440. The first-order valence-electron chi connectivity index (χ1n) is 6.05. The number of hydrogen-bond donors (Lipinski definition) is 1. The van der Waals surface area contributed by atoms with Gasteiger partial charge in [-0.1, -0.05) is 29.4 Å². The highest BCUT2D eigenvalue weighted by Gasteiger charge is 2.19. The normalized spacial score (nSPS) is 10.8. The molecule has 2 aromatic heterocycles. The third-order valence-electron chi connectivity index (χ3n) is 3.10. The Morgan fingerprint density at radius 2 is 1.89 bits per heavy atom. The van der Waals surface area contributed by atoms with Gasteiger partial charge in [-0.3, -0.25) is 0 Å². The fraction of sp³-hybridized carbons (Fsp3) is 0.133. The van der Waals surface area contributed by atoms with Crippen LogP contribution in [0, 0.1) is 13.8 Å². The fourth-order valence-corrected chi connectivity index (χ4v) is 2.99. The van der Waals surface area contributed by atoms with Crippen molar-refractivity contribution in [3.63, 3.8) is 0 Å². The number of thiophene rings is 1. The Kier molecular flexibility index (Phi) is 2.87. The molecule has 1 aromatic carbocycles. The summed E-state index contributed by atoms with van der Waals surface area (Å²) in [6, 6.07) is 12.2. The number of aromatic nitrogens is 1. The molecule has 2 heterocycles. The van der Waals surface area contributed by atoms with E-state index in [0.29, 0.717) is 5.82 Å². The molecule has 4 heteroatoms. The van der Waals surface area contributed by atoms with E-state index >= 15 is 0 Å². The molecule has 3 nitrogen and oxygen atoms in total. The second-order valence-corrected chi connectivity index (χ2v) is 5.79. The van der Waals surface area contributed by atoms with Gasteiger partial charge in [0.25, 0.3) is 0 Å². The summed E-state index contributed by atoms with van der Waals surface area (Å²) < 4.78 is 5.44. The second kappa shape index (κ2) is 4.55. The van der Waals surface area contributed by atoms with Gasteiger partial charge in [-0.25, -0.2) is 0 Å². The molecule has 0 radical (unpaired) electrons. The number of rotatable bonds is 2. The number of aryl methyl sites for hydroxylation is 2. The Labute approximate surface area is 115 Å². The van der Waals surface area contributed by atoms with Crippen LogP contribution in [0.2, 0.25) is 0 Å². The van der Waals surface area contributed by atoms with Crippen LogP contribution >= 0.6 is 11.3 Å². The van der Waals surface area contributed by atoms with Crippen molar-refractivity contribution in [1.82, 2.24) is 5.16 Å². The maximum Gasteiger partial charge on any atom is 0.186 e. The molecule has 0 fully saturated rings. The van der Waals surface area contributed by atoms with Crippen molar-refractivity contribution in [1.29, 1.82) is 0 Å². The highest BCUT2D eigenvalue weighted by molar-refractivity contribution is 7.15. The second-order valence-electron chi connectivity index (χ2n) is 4.50. The number of nitrogen functional groups attached to an aromatic ring is 1. The summed E-state index contributed by atoms with van der Waals surface area (Å²) in [5.41, 5.74) is 9.11. The topological polar surface area (TPSA) is 52.0 Å². The summed E-state index contributed by atoms with van der Waals surface area (Å²) in [6.45, 7) is 4.13. The number of hydrogen-bond acceptors (Lipinski definition) is 4. The van der Waals surface area contributed by atoms with Crippen molar-refractivity contribution >= 4 is 17.2 Å².